The Kier molecular flexibility index (Phi) is 3.37. The molecule has 0 amide bonds. The average Bonchev–Trinajstić information content (AvgIpc) is 2.80. The Morgan fingerprint density at radius 2 is 1.86 bits per heavy atom. The number of nitrogens with zero attached hydrogens (tertiary/aromatic N) is 2. The number of benzene rings is 2. The molecule has 108 valence electrons. The number of aromatic nitrogens is 2. The number of halogens is 4. The van der Waals surface area contributed by atoms with Crippen LogP contribution in [0.1, 0.15) is 11.4 Å². The van der Waals surface area contributed by atoms with Crippen molar-refractivity contribution in [1.29, 1.82) is 0 Å². The van der Waals surface area contributed by atoms with E-state index in [0.717, 1.165) is 6.07 Å². The largest absolute Gasteiger partial charge is 0.295 e. The maximum atomic E-state index is 13.8. The van der Waals surface area contributed by atoms with Gasteiger partial charge in [-0.2, -0.15) is 0 Å². The standard InChI is InChI=1S/C15H10ClF3N2/c1-8-4-10(2-3-11(8)18)21-13-6-9(17)5-12(19)15(13)20-14(21)7-16/h2-6H,7H2,1H3. The van der Waals surface area contributed by atoms with Crippen LogP contribution < -0.4 is 0 Å². The van der Waals surface area contributed by atoms with Gasteiger partial charge in [0.1, 0.15) is 23.0 Å². The van der Waals surface area contributed by atoms with Crippen molar-refractivity contribution in [2.75, 3.05) is 0 Å². The zero-order valence-corrected chi connectivity index (χ0v) is 11.8. The third-order valence-corrected chi connectivity index (χ3v) is 3.51. The lowest BCUT2D eigenvalue weighted by molar-refractivity contribution is 0.590. The third-order valence-electron chi connectivity index (χ3n) is 3.27. The van der Waals surface area contributed by atoms with Gasteiger partial charge < -0.3 is 0 Å². The quantitative estimate of drug-likeness (QED) is 0.638. The molecule has 0 N–H and O–H groups in total. The molecule has 0 bridgehead atoms. The minimum Gasteiger partial charge on any atom is -0.295 e. The normalized spacial score (nSPS) is 11.3. The van der Waals surface area contributed by atoms with E-state index in [1.54, 1.807) is 13.0 Å². The molecule has 0 fully saturated rings. The molecule has 2 aromatic carbocycles. The lowest BCUT2D eigenvalue weighted by Gasteiger charge is -2.09. The molecule has 0 spiro atoms. The second-order valence-electron chi connectivity index (χ2n) is 4.69. The molecule has 0 unspecified atom stereocenters. The number of rotatable bonds is 2. The molecule has 0 saturated heterocycles. The second kappa shape index (κ2) is 5.07. The summed E-state index contributed by atoms with van der Waals surface area (Å²) in [5.74, 6) is -1.43. The summed E-state index contributed by atoms with van der Waals surface area (Å²) in [6, 6.07) is 6.34. The Morgan fingerprint density at radius 1 is 1.10 bits per heavy atom. The van der Waals surface area contributed by atoms with E-state index in [1.807, 2.05) is 0 Å². The van der Waals surface area contributed by atoms with Crippen LogP contribution in [0.3, 0.4) is 0 Å². The van der Waals surface area contributed by atoms with Crippen LogP contribution in [0.5, 0.6) is 0 Å². The fourth-order valence-corrected chi connectivity index (χ4v) is 2.48. The highest BCUT2D eigenvalue weighted by molar-refractivity contribution is 6.17. The summed E-state index contributed by atoms with van der Waals surface area (Å²) in [4.78, 5) is 4.10. The van der Waals surface area contributed by atoms with Crippen molar-refractivity contribution >= 4 is 22.6 Å². The number of fused-ring (bicyclic) bond motifs is 1. The summed E-state index contributed by atoms with van der Waals surface area (Å²) in [7, 11) is 0. The van der Waals surface area contributed by atoms with Gasteiger partial charge in [0.2, 0.25) is 0 Å². The van der Waals surface area contributed by atoms with Crippen molar-refractivity contribution < 1.29 is 13.2 Å². The predicted molar refractivity (Wildman–Crippen MR) is 75.2 cm³/mol. The minimum atomic E-state index is -0.756. The van der Waals surface area contributed by atoms with E-state index in [-0.39, 0.29) is 22.7 Å². The SMILES string of the molecule is Cc1cc(-n2c(CCl)nc3c(F)cc(F)cc32)ccc1F. The topological polar surface area (TPSA) is 17.8 Å². The van der Waals surface area contributed by atoms with Gasteiger partial charge >= 0.3 is 0 Å². The first-order valence-electron chi connectivity index (χ1n) is 6.20. The predicted octanol–water partition coefficient (Wildman–Crippen LogP) is 4.49. The summed E-state index contributed by atoms with van der Waals surface area (Å²) < 4.78 is 42.2. The molecule has 1 aromatic heterocycles. The van der Waals surface area contributed by atoms with Gasteiger partial charge in [0.05, 0.1) is 11.4 Å². The van der Waals surface area contributed by atoms with Gasteiger partial charge in [0, 0.05) is 17.8 Å². The molecule has 0 aliphatic carbocycles. The van der Waals surface area contributed by atoms with Gasteiger partial charge in [-0.25, -0.2) is 18.2 Å². The van der Waals surface area contributed by atoms with Gasteiger partial charge in [0.25, 0.3) is 0 Å². The first kappa shape index (κ1) is 13.9. The summed E-state index contributed by atoms with van der Waals surface area (Å²) in [6.07, 6.45) is 0. The van der Waals surface area contributed by atoms with Crippen LogP contribution in [0.2, 0.25) is 0 Å². The van der Waals surface area contributed by atoms with E-state index in [4.69, 9.17) is 11.6 Å². The van der Waals surface area contributed by atoms with E-state index < -0.39 is 11.6 Å². The molecular formula is C15H10ClF3N2. The second-order valence-corrected chi connectivity index (χ2v) is 4.95. The number of imidazole rings is 1. The lowest BCUT2D eigenvalue weighted by atomic mass is 10.2. The van der Waals surface area contributed by atoms with Crippen molar-refractivity contribution in [2.45, 2.75) is 12.8 Å². The molecule has 2 nitrogen and oxygen atoms in total. The zero-order chi connectivity index (χ0) is 15.1. The molecule has 0 saturated carbocycles. The van der Waals surface area contributed by atoms with Crippen LogP contribution in [-0.4, -0.2) is 9.55 Å². The van der Waals surface area contributed by atoms with Crippen molar-refractivity contribution in [2.24, 2.45) is 0 Å². The monoisotopic (exact) mass is 310 g/mol. The minimum absolute atomic E-state index is 0.0200. The maximum absolute atomic E-state index is 13.8. The van der Waals surface area contributed by atoms with E-state index in [0.29, 0.717) is 17.1 Å². The Bertz CT molecular complexity index is 843. The Labute approximate surface area is 123 Å². The zero-order valence-electron chi connectivity index (χ0n) is 11.0. The molecule has 0 aliphatic heterocycles. The number of hydrogen-bond donors (Lipinski definition) is 0. The molecular weight excluding hydrogens is 301 g/mol. The fourth-order valence-electron chi connectivity index (χ4n) is 2.30. The molecule has 0 aliphatic rings. The summed E-state index contributed by atoms with van der Waals surface area (Å²) >= 11 is 5.84. The van der Waals surface area contributed by atoms with Crippen molar-refractivity contribution in [3.63, 3.8) is 0 Å². The third kappa shape index (κ3) is 2.27. The summed E-state index contributed by atoms with van der Waals surface area (Å²) in [6.45, 7) is 1.61. The number of alkyl halides is 1. The first-order valence-corrected chi connectivity index (χ1v) is 6.73. The molecule has 3 rings (SSSR count). The van der Waals surface area contributed by atoms with E-state index >= 15 is 0 Å². The van der Waals surface area contributed by atoms with Gasteiger partial charge in [-0.3, -0.25) is 4.57 Å². The van der Waals surface area contributed by atoms with Crippen LogP contribution in [0.4, 0.5) is 13.2 Å². The molecule has 21 heavy (non-hydrogen) atoms. The van der Waals surface area contributed by atoms with Crippen molar-refractivity contribution in [3.05, 3.63) is 59.2 Å². The summed E-state index contributed by atoms with van der Waals surface area (Å²) in [5.41, 5.74) is 1.27. The fraction of sp³-hybridized carbons (Fsp3) is 0.133. The van der Waals surface area contributed by atoms with Crippen LogP contribution in [0.25, 0.3) is 16.7 Å². The van der Waals surface area contributed by atoms with Crippen molar-refractivity contribution in [3.8, 4) is 5.69 Å². The Hall–Kier alpha value is -2.01. The maximum Gasteiger partial charge on any atom is 0.153 e. The van der Waals surface area contributed by atoms with Crippen LogP contribution in [0, 0.1) is 24.4 Å². The number of hydrogen-bond acceptors (Lipinski definition) is 1. The van der Waals surface area contributed by atoms with Gasteiger partial charge in [-0.15, -0.1) is 11.6 Å². The Balaban J connectivity index is 2.36. The van der Waals surface area contributed by atoms with Gasteiger partial charge in [-0.05, 0) is 30.7 Å². The lowest BCUT2D eigenvalue weighted by Crippen LogP contribution is -2.00. The van der Waals surface area contributed by atoms with Crippen molar-refractivity contribution in [1.82, 2.24) is 9.55 Å². The van der Waals surface area contributed by atoms with Crippen LogP contribution >= 0.6 is 11.6 Å². The molecule has 3 aromatic rings. The smallest absolute Gasteiger partial charge is 0.153 e. The van der Waals surface area contributed by atoms with E-state index in [1.165, 1.54) is 22.8 Å². The van der Waals surface area contributed by atoms with Crippen LogP contribution in [0.15, 0.2) is 30.3 Å². The number of aryl methyl sites for hydroxylation is 1. The molecule has 0 atom stereocenters. The molecule has 1 heterocycles. The van der Waals surface area contributed by atoms with Gasteiger partial charge in [-0.1, -0.05) is 0 Å². The highest BCUT2D eigenvalue weighted by Crippen LogP contribution is 2.26. The van der Waals surface area contributed by atoms with E-state index in [9.17, 15) is 13.2 Å². The average molecular weight is 311 g/mol. The molecule has 6 heteroatoms. The summed E-state index contributed by atoms with van der Waals surface area (Å²) in [5, 5.41) is 0. The van der Waals surface area contributed by atoms with E-state index in [2.05, 4.69) is 4.98 Å². The Morgan fingerprint density at radius 3 is 2.52 bits per heavy atom. The highest BCUT2D eigenvalue weighted by Gasteiger charge is 2.16. The first-order chi connectivity index (χ1) is 10.0. The van der Waals surface area contributed by atoms with Gasteiger partial charge in [0.15, 0.2) is 5.82 Å². The van der Waals surface area contributed by atoms with Crippen LogP contribution in [-0.2, 0) is 5.88 Å². The molecule has 0 radical (unpaired) electrons. The highest BCUT2D eigenvalue weighted by atomic mass is 35.5.